The van der Waals surface area contributed by atoms with Crippen LogP contribution in [0.3, 0.4) is 0 Å². The number of amides is 1. The minimum atomic E-state index is -0.262. The minimum Gasteiger partial charge on any atom is -0.385 e. The summed E-state index contributed by atoms with van der Waals surface area (Å²) in [5.41, 5.74) is 2.23. The van der Waals surface area contributed by atoms with Crippen LogP contribution < -0.4 is 10.2 Å². The van der Waals surface area contributed by atoms with Gasteiger partial charge >= 0.3 is 0 Å². The van der Waals surface area contributed by atoms with Crippen LogP contribution in [0.5, 0.6) is 0 Å². The van der Waals surface area contributed by atoms with E-state index in [-0.39, 0.29) is 11.2 Å². The van der Waals surface area contributed by atoms with E-state index in [2.05, 4.69) is 56.2 Å². The number of hydrogen-bond acceptors (Lipinski definition) is 6. The highest BCUT2D eigenvalue weighted by Gasteiger charge is 2.25. The predicted octanol–water partition coefficient (Wildman–Crippen LogP) is 2.81. The van der Waals surface area contributed by atoms with Crippen LogP contribution in [0.4, 0.5) is 5.95 Å². The van der Waals surface area contributed by atoms with Crippen LogP contribution in [-0.2, 0) is 9.53 Å². The second kappa shape index (κ2) is 9.93. The largest absolute Gasteiger partial charge is 0.385 e. The summed E-state index contributed by atoms with van der Waals surface area (Å²) in [4.78, 5) is 14.7. The van der Waals surface area contributed by atoms with E-state index in [0.717, 1.165) is 36.3 Å². The number of thioether (sulfide) groups is 1. The number of nitrogens with zero attached hydrogens (tertiary/aromatic N) is 4. The molecule has 8 heteroatoms. The molecule has 0 aliphatic carbocycles. The standard InChI is InChI=1S/C20H29N5O2S/c1-15-7-9-17(10-8-15)25-19(24-12-4-5-13-24)22-23-20(25)28-16(2)18(26)21-11-6-14-27-3/h7-10,16H,4-6,11-14H2,1-3H3,(H,21,26). The molecule has 28 heavy (non-hydrogen) atoms. The predicted molar refractivity (Wildman–Crippen MR) is 112 cm³/mol. The van der Waals surface area contributed by atoms with Gasteiger partial charge in [0.2, 0.25) is 11.9 Å². The number of anilines is 1. The maximum atomic E-state index is 12.4. The highest BCUT2D eigenvalue weighted by atomic mass is 32.2. The molecular weight excluding hydrogens is 374 g/mol. The molecule has 1 aromatic carbocycles. The van der Waals surface area contributed by atoms with Gasteiger partial charge in [0, 0.05) is 33.4 Å². The number of hydrogen-bond donors (Lipinski definition) is 1. The van der Waals surface area contributed by atoms with Crippen molar-refractivity contribution in [3.05, 3.63) is 29.8 Å². The van der Waals surface area contributed by atoms with Crippen LogP contribution in [0.1, 0.15) is 31.7 Å². The quantitative estimate of drug-likeness (QED) is 0.513. The lowest BCUT2D eigenvalue weighted by molar-refractivity contribution is -0.120. The van der Waals surface area contributed by atoms with Gasteiger partial charge in [-0.15, -0.1) is 10.2 Å². The molecule has 1 saturated heterocycles. The Labute approximate surface area is 170 Å². The van der Waals surface area contributed by atoms with Crippen LogP contribution in [0.25, 0.3) is 5.69 Å². The molecule has 3 rings (SSSR count). The van der Waals surface area contributed by atoms with Gasteiger partial charge in [-0.2, -0.15) is 0 Å². The van der Waals surface area contributed by atoms with Gasteiger partial charge in [0.25, 0.3) is 0 Å². The minimum absolute atomic E-state index is 0.00211. The molecule has 152 valence electrons. The normalized spacial score (nSPS) is 15.0. The second-order valence-corrected chi connectivity index (χ2v) is 8.35. The Balaban J connectivity index is 1.78. The Morgan fingerprint density at radius 2 is 1.96 bits per heavy atom. The SMILES string of the molecule is COCCCNC(=O)C(C)Sc1nnc(N2CCCC2)n1-c1ccc(C)cc1. The number of carbonyl (C=O) groups is 1. The topological polar surface area (TPSA) is 72.3 Å². The van der Waals surface area contributed by atoms with Crippen molar-refractivity contribution in [2.24, 2.45) is 0 Å². The molecule has 1 atom stereocenters. The van der Waals surface area contributed by atoms with Crippen molar-refractivity contribution in [2.45, 2.75) is 43.5 Å². The lowest BCUT2D eigenvalue weighted by Gasteiger charge is -2.19. The highest BCUT2D eigenvalue weighted by molar-refractivity contribution is 8.00. The average Bonchev–Trinajstić information content (AvgIpc) is 3.35. The molecule has 1 amide bonds. The van der Waals surface area contributed by atoms with Crippen LogP contribution in [0.15, 0.2) is 29.4 Å². The average molecular weight is 404 g/mol. The Morgan fingerprint density at radius 1 is 1.25 bits per heavy atom. The van der Waals surface area contributed by atoms with Gasteiger partial charge in [-0.25, -0.2) is 0 Å². The second-order valence-electron chi connectivity index (χ2n) is 7.05. The number of nitrogens with one attached hydrogen (secondary N) is 1. The van der Waals surface area contributed by atoms with Gasteiger partial charge in [0.05, 0.1) is 10.9 Å². The van der Waals surface area contributed by atoms with E-state index in [1.54, 1.807) is 7.11 Å². The fourth-order valence-electron chi connectivity index (χ4n) is 3.16. The first-order valence-corrected chi connectivity index (χ1v) is 10.7. The molecule has 2 aromatic rings. The third kappa shape index (κ3) is 5.05. The Morgan fingerprint density at radius 3 is 2.64 bits per heavy atom. The zero-order valence-electron chi connectivity index (χ0n) is 16.9. The van der Waals surface area contributed by atoms with Crippen molar-refractivity contribution in [2.75, 3.05) is 38.3 Å². The van der Waals surface area contributed by atoms with E-state index in [1.165, 1.54) is 30.2 Å². The van der Waals surface area contributed by atoms with Crippen molar-refractivity contribution >= 4 is 23.6 Å². The maximum Gasteiger partial charge on any atom is 0.233 e. The molecule has 1 unspecified atom stereocenters. The molecule has 0 bridgehead atoms. The third-order valence-corrected chi connectivity index (χ3v) is 5.82. The number of benzene rings is 1. The zero-order chi connectivity index (χ0) is 19.9. The van der Waals surface area contributed by atoms with Crippen molar-refractivity contribution in [3.63, 3.8) is 0 Å². The van der Waals surface area contributed by atoms with E-state index in [0.29, 0.717) is 13.2 Å². The highest BCUT2D eigenvalue weighted by Crippen LogP contribution is 2.30. The first-order valence-electron chi connectivity index (χ1n) is 9.81. The van der Waals surface area contributed by atoms with E-state index in [4.69, 9.17) is 4.74 Å². The smallest absolute Gasteiger partial charge is 0.233 e. The molecule has 1 N–H and O–H groups in total. The summed E-state index contributed by atoms with van der Waals surface area (Å²) in [7, 11) is 1.66. The Kier molecular flexibility index (Phi) is 7.33. The number of rotatable bonds is 9. The fourth-order valence-corrected chi connectivity index (χ4v) is 4.05. The van der Waals surface area contributed by atoms with E-state index >= 15 is 0 Å². The summed E-state index contributed by atoms with van der Waals surface area (Å²) >= 11 is 1.44. The third-order valence-electron chi connectivity index (χ3n) is 4.77. The van der Waals surface area contributed by atoms with Gasteiger partial charge in [-0.3, -0.25) is 9.36 Å². The molecule has 1 fully saturated rings. The zero-order valence-corrected chi connectivity index (χ0v) is 17.7. The number of aryl methyl sites for hydroxylation is 1. The molecule has 1 aromatic heterocycles. The van der Waals surface area contributed by atoms with E-state index < -0.39 is 0 Å². The molecule has 0 spiro atoms. The van der Waals surface area contributed by atoms with Gasteiger partial charge in [0.1, 0.15) is 0 Å². The van der Waals surface area contributed by atoms with E-state index in [1.807, 2.05) is 6.92 Å². The van der Waals surface area contributed by atoms with Crippen LogP contribution >= 0.6 is 11.8 Å². The van der Waals surface area contributed by atoms with Gasteiger partial charge < -0.3 is 15.0 Å². The first kappa shape index (κ1) is 20.7. The Bertz CT molecular complexity index is 771. The summed E-state index contributed by atoms with van der Waals surface area (Å²) in [6.45, 7) is 7.21. The lowest BCUT2D eigenvalue weighted by Crippen LogP contribution is -2.32. The summed E-state index contributed by atoms with van der Waals surface area (Å²) in [6.07, 6.45) is 3.14. The van der Waals surface area contributed by atoms with Gasteiger partial charge in [-0.1, -0.05) is 29.5 Å². The Hall–Kier alpha value is -2.06. The number of carbonyl (C=O) groups excluding carboxylic acids is 1. The van der Waals surface area contributed by atoms with Crippen LogP contribution in [0.2, 0.25) is 0 Å². The first-order chi connectivity index (χ1) is 13.6. The van der Waals surface area contributed by atoms with E-state index in [9.17, 15) is 4.79 Å². The van der Waals surface area contributed by atoms with Crippen molar-refractivity contribution < 1.29 is 9.53 Å². The number of ether oxygens (including phenoxy) is 1. The summed E-state index contributed by atoms with van der Waals surface area (Å²) in [5.74, 6) is 0.860. The summed E-state index contributed by atoms with van der Waals surface area (Å²) in [5, 5.41) is 12.3. The number of methoxy groups -OCH3 is 1. The van der Waals surface area contributed by atoms with Crippen molar-refractivity contribution in [3.8, 4) is 5.69 Å². The molecule has 2 heterocycles. The van der Waals surface area contributed by atoms with Crippen molar-refractivity contribution in [1.29, 1.82) is 0 Å². The van der Waals surface area contributed by atoms with Gasteiger partial charge in [-0.05, 0) is 45.2 Å². The molecule has 0 radical (unpaired) electrons. The number of aromatic nitrogens is 3. The lowest BCUT2D eigenvalue weighted by atomic mass is 10.2. The molecule has 0 saturated carbocycles. The van der Waals surface area contributed by atoms with Gasteiger partial charge in [0.15, 0.2) is 5.16 Å². The molecule has 7 nitrogen and oxygen atoms in total. The van der Waals surface area contributed by atoms with Crippen LogP contribution in [-0.4, -0.2) is 59.3 Å². The summed E-state index contributed by atoms with van der Waals surface area (Å²) < 4.78 is 7.10. The van der Waals surface area contributed by atoms with Crippen molar-refractivity contribution in [1.82, 2.24) is 20.1 Å². The molecular formula is C20H29N5O2S. The van der Waals surface area contributed by atoms with Crippen LogP contribution in [0, 0.1) is 6.92 Å². The molecule has 1 aliphatic heterocycles. The maximum absolute atomic E-state index is 12.4. The fraction of sp³-hybridized carbons (Fsp3) is 0.550. The monoisotopic (exact) mass is 403 g/mol. The summed E-state index contributed by atoms with van der Waals surface area (Å²) in [6, 6.07) is 8.34. The molecule has 1 aliphatic rings.